The van der Waals surface area contributed by atoms with Crippen LogP contribution in [-0.4, -0.2) is 4.98 Å². The monoisotopic (exact) mass is 238 g/mol. The number of rotatable bonds is 5. The molecule has 2 aromatic heterocycles. The highest BCUT2D eigenvalue weighted by Crippen LogP contribution is 2.16. The second-order valence-electron chi connectivity index (χ2n) is 3.30. The second-order valence-corrected chi connectivity index (χ2v) is 5.28. The Labute approximate surface area is 98.0 Å². The zero-order valence-corrected chi connectivity index (χ0v) is 10.3. The standard InChI is InChI=1S/C11H14N2S2/c1-2-10-3-4-11(15-10)6-12-5-9-7-14-8-13-9/h3-4,7-8,12H,2,5-6H2,1H3. The van der Waals surface area contributed by atoms with Crippen LogP contribution in [0.2, 0.25) is 0 Å². The molecule has 2 nitrogen and oxygen atoms in total. The van der Waals surface area contributed by atoms with Gasteiger partial charge in [-0.15, -0.1) is 22.7 Å². The van der Waals surface area contributed by atoms with Crippen LogP contribution in [0.25, 0.3) is 0 Å². The molecule has 15 heavy (non-hydrogen) atoms. The van der Waals surface area contributed by atoms with Gasteiger partial charge in [0.25, 0.3) is 0 Å². The van der Waals surface area contributed by atoms with E-state index in [0.29, 0.717) is 0 Å². The zero-order chi connectivity index (χ0) is 10.5. The zero-order valence-electron chi connectivity index (χ0n) is 8.69. The molecule has 1 N–H and O–H groups in total. The molecule has 2 heterocycles. The van der Waals surface area contributed by atoms with E-state index in [2.05, 4.69) is 34.7 Å². The second kappa shape index (κ2) is 5.39. The van der Waals surface area contributed by atoms with Crippen LogP contribution in [-0.2, 0) is 19.5 Å². The summed E-state index contributed by atoms with van der Waals surface area (Å²) in [7, 11) is 0. The van der Waals surface area contributed by atoms with Gasteiger partial charge in [-0.3, -0.25) is 0 Å². The van der Waals surface area contributed by atoms with E-state index in [4.69, 9.17) is 0 Å². The van der Waals surface area contributed by atoms with E-state index >= 15 is 0 Å². The molecule has 0 saturated carbocycles. The number of thiophene rings is 1. The quantitative estimate of drug-likeness (QED) is 0.866. The molecule has 0 spiro atoms. The first-order chi connectivity index (χ1) is 7.38. The lowest BCUT2D eigenvalue weighted by Gasteiger charge is -1.99. The number of aromatic nitrogens is 1. The Morgan fingerprint density at radius 2 is 2.13 bits per heavy atom. The lowest BCUT2D eigenvalue weighted by Crippen LogP contribution is -2.11. The van der Waals surface area contributed by atoms with Crippen LogP contribution < -0.4 is 5.32 Å². The minimum Gasteiger partial charge on any atom is -0.306 e. The average Bonchev–Trinajstić information content (AvgIpc) is 2.88. The molecule has 0 aliphatic rings. The van der Waals surface area contributed by atoms with Crippen LogP contribution in [0.15, 0.2) is 23.0 Å². The van der Waals surface area contributed by atoms with Crippen molar-refractivity contribution in [2.24, 2.45) is 0 Å². The van der Waals surface area contributed by atoms with E-state index in [9.17, 15) is 0 Å². The maximum Gasteiger partial charge on any atom is 0.0795 e. The molecule has 2 aromatic rings. The van der Waals surface area contributed by atoms with Crippen molar-refractivity contribution in [2.45, 2.75) is 26.4 Å². The fourth-order valence-corrected chi connectivity index (χ4v) is 2.83. The Kier molecular flexibility index (Phi) is 3.88. The van der Waals surface area contributed by atoms with E-state index in [1.165, 1.54) is 9.75 Å². The van der Waals surface area contributed by atoms with Crippen LogP contribution in [0.3, 0.4) is 0 Å². The molecule has 0 saturated heterocycles. The van der Waals surface area contributed by atoms with Gasteiger partial charge in [-0.25, -0.2) is 4.98 Å². The molecule has 0 unspecified atom stereocenters. The highest BCUT2D eigenvalue weighted by atomic mass is 32.1. The van der Waals surface area contributed by atoms with E-state index in [1.807, 2.05) is 16.8 Å². The Balaban J connectivity index is 1.78. The molecule has 0 atom stereocenters. The van der Waals surface area contributed by atoms with E-state index in [1.54, 1.807) is 11.3 Å². The Hall–Kier alpha value is -0.710. The van der Waals surface area contributed by atoms with Crippen LogP contribution in [0.5, 0.6) is 0 Å². The molecule has 2 rings (SSSR count). The summed E-state index contributed by atoms with van der Waals surface area (Å²) in [6, 6.07) is 4.42. The Morgan fingerprint density at radius 3 is 2.80 bits per heavy atom. The van der Waals surface area contributed by atoms with Gasteiger partial charge in [0.15, 0.2) is 0 Å². The topological polar surface area (TPSA) is 24.9 Å². The number of aryl methyl sites for hydroxylation is 1. The van der Waals surface area contributed by atoms with Crippen LogP contribution in [0, 0.1) is 0 Å². The van der Waals surface area contributed by atoms with Gasteiger partial charge in [0.05, 0.1) is 11.2 Å². The van der Waals surface area contributed by atoms with Gasteiger partial charge in [-0.2, -0.15) is 0 Å². The van der Waals surface area contributed by atoms with Gasteiger partial charge in [0.1, 0.15) is 0 Å². The van der Waals surface area contributed by atoms with Crippen molar-refractivity contribution in [3.8, 4) is 0 Å². The molecule has 0 radical (unpaired) electrons. The number of hydrogen-bond donors (Lipinski definition) is 1. The van der Waals surface area contributed by atoms with Crippen molar-refractivity contribution in [1.29, 1.82) is 0 Å². The first-order valence-corrected chi connectivity index (χ1v) is 6.79. The summed E-state index contributed by atoms with van der Waals surface area (Å²) in [6.07, 6.45) is 1.14. The molecule has 0 fully saturated rings. The molecule has 0 aliphatic carbocycles. The summed E-state index contributed by atoms with van der Waals surface area (Å²) in [5, 5.41) is 5.48. The smallest absolute Gasteiger partial charge is 0.0795 e. The lowest BCUT2D eigenvalue weighted by atomic mass is 10.3. The Morgan fingerprint density at radius 1 is 1.27 bits per heavy atom. The normalized spacial score (nSPS) is 10.7. The first-order valence-electron chi connectivity index (χ1n) is 5.04. The lowest BCUT2D eigenvalue weighted by molar-refractivity contribution is 0.690. The van der Waals surface area contributed by atoms with Gasteiger partial charge in [-0.1, -0.05) is 6.92 Å². The minimum atomic E-state index is 0.864. The highest BCUT2D eigenvalue weighted by Gasteiger charge is 1.99. The number of nitrogens with one attached hydrogen (secondary N) is 1. The number of hydrogen-bond acceptors (Lipinski definition) is 4. The van der Waals surface area contributed by atoms with E-state index < -0.39 is 0 Å². The van der Waals surface area contributed by atoms with Crippen LogP contribution in [0.1, 0.15) is 22.4 Å². The third kappa shape index (κ3) is 3.12. The minimum absolute atomic E-state index is 0.864. The first kappa shape index (κ1) is 10.8. The summed E-state index contributed by atoms with van der Waals surface area (Å²) in [5.74, 6) is 0. The van der Waals surface area contributed by atoms with Gasteiger partial charge < -0.3 is 5.32 Å². The van der Waals surface area contributed by atoms with Gasteiger partial charge in [-0.05, 0) is 18.6 Å². The maximum absolute atomic E-state index is 4.23. The molecule has 80 valence electrons. The molecule has 0 bridgehead atoms. The third-order valence-electron chi connectivity index (χ3n) is 2.15. The van der Waals surface area contributed by atoms with Gasteiger partial charge >= 0.3 is 0 Å². The highest BCUT2D eigenvalue weighted by molar-refractivity contribution is 7.11. The SMILES string of the molecule is CCc1ccc(CNCc2cscn2)s1. The van der Waals surface area contributed by atoms with Gasteiger partial charge in [0, 0.05) is 28.2 Å². The fraction of sp³-hybridized carbons (Fsp3) is 0.364. The summed E-state index contributed by atoms with van der Waals surface area (Å²) < 4.78 is 0. The van der Waals surface area contributed by atoms with Crippen molar-refractivity contribution in [3.63, 3.8) is 0 Å². The largest absolute Gasteiger partial charge is 0.306 e. The predicted molar refractivity (Wildman–Crippen MR) is 66.4 cm³/mol. The number of thiazole rings is 1. The van der Waals surface area contributed by atoms with Gasteiger partial charge in [0.2, 0.25) is 0 Å². The molecular weight excluding hydrogens is 224 g/mol. The fourth-order valence-electron chi connectivity index (χ4n) is 1.35. The number of nitrogens with zero attached hydrogens (tertiary/aromatic N) is 1. The molecule has 4 heteroatoms. The molecule has 0 aromatic carbocycles. The van der Waals surface area contributed by atoms with Crippen molar-refractivity contribution >= 4 is 22.7 Å². The summed E-state index contributed by atoms with van der Waals surface area (Å²) in [6.45, 7) is 4.00. The Bertz CT molecular complexity index is 392. The predicted octanol–water partition coefficient (Wildman–Crippen LogP) is 3.06. The van der Waals surface area contributed by atoms with Crippen molar-refractivity contribution < 1.29 is 0 Å². The maximum atomic E-state index is 4.23. The molecular formula is C11H14N2S2. The summed E-state index contributed by atoms with van der Waals surface area (Å²) >= 11 is 3.53. The molecule has 0 aliphatic heterocycles. The summed E-state index contributed by atoms with van der Waals surface area (Å²) in [4.78, 5) is 7.09. The van der Waals surface area contributed by atoms with E-state index in [-0.39, 0.29) is 0 Å². The average molecular weight is 238 g/mol. The molecule has 0 amide bonds. The summed E-state index contributed by atoms with van der Waals surface area (Å²) in [5.41, 5.74) is 3.00. The van der Waals surface area contributed by atoms with Crippen LogP contribution in [0.4, 0.5) is 0 Å². The van der Waals surface area contributed by atoms with E-state index in [0.717, 1.165) is 25.2 Å². The third-order valence-corrected chi connectivity index (χ3v) is 4.02. The van der Waals surface area contributed by atoms with Crippen LogP contribution >= 0.6 is 22.7 Å². The van der Waals surface area contributed by atoms with Crippen molar-refractivity contribution in [1.82, 2.24) is 10.3 Å². The van der Waals surface area contributed by atoms with Crippen molar-refractivity contribution in [3.05, 3.63) is 38.5 Å². The van der Waals surface area contributed by atoms with Crippen molar-refractivity contribution in [2.75, 3.05) is 0 Å².